The molecule has 0 aromatic heterocycles. The van der Waals surface area contributed by atoms with Crippen LogP contribution >= 0.6 is 11.6 Å². The Hall–Kier alpha value is -1.51. The average Bonchev–Trinajstić information content (AvgIpc) is 2.86. The van der Waals surface area contributed by atoms with Crippen molar-refractivity contribution in [2.75, 3.05) is 13.7 Å². The van der Waals surface area contributed by atoms with Crippen LogP contribution in [-0.2, 0) is 0 Å². The molecule has 0 radical (unpaired) electrons. The molecule has 0 amide bonds. The van der Waals surface area contributed by atoms with Crippen LogP contribution in [0, 0.1) is 12.8 Å². The largest absolute Gasteiger partial charge is 0.493 e. The molecule has 3 heteroatoms. The summed E-state index contributed by atoms with van der Waals surface area (Å²) >= 11 is 5.98. The van der Waals surface area contributed by atoms with Gasteiger partial charge in [-0.15, -0.1) is 0 Å². The Morgan fingerprint density at radius 1 is 1.04 bits per heavy atom. The molecular formula is C22H26ClNO. The summed E-state index contributed by atoms with van der Waals surface area (Å²) in [6.45, 7) is 2.92. The number of halogens is 1. The minimum atomic E-state index is 0.530. The fourth-order valence-corrected chi connectivity index (χ4v) is 4.85. The van der Waals surface area contributed by atoms with Gasteiger partial charge in [0, 0.05) is 23.0 Å². The molecule has 2 heterocycles. The summed E-state index contributed by atoms with van der Waals surface area (Å²) in [6, 6.07) is 18.2. The van der Waals surface area contributed by atoms with Crippen molar-refractivity contribution in [2.24, 2.45) is 5.92 Å². The first kappa shape index (κ1) is 16.9. The summed E-state index contributed by atoms with van der Waals surface area (Å²) in [6.07, 6.45) is 3.85. The first-order chi connectivity index (χ1) is 12.1. The van der Waals surface area contributed by atoms with E-state index in [0.29, 0.717) is 17.9 Å². The van der Waals surface area contributed by atoms with E-state index in [2.05, 4.69) is 43.1 Å². The molecule has 132 valence electrons. The molecule has 2 aliphatic heterocycles. The van der Waals surface area contributed by atoms with Gasteiger partial charge in [-0.2, -0.15) is 0 Å². The van der Waals surface area contributed by atoms with Crippen molar-refractivity contribution >= 4 is 11.6 Å². The molecule has 0 spiro atoms. The number of aryl methyl sites for hydroxylation is 1. The number of hydrogen-bond donors (Lipinski definition) is 0. The number of nitrogens with zero attached hydrogens (tertiary/aromatic N) is 1. The van der Waals surface area contributed by atoms with Crippen LogP contribution in [0.5, 0.6) is 5.75 Å². The number of ether oxygens (including phenoxy) is 1. The Kier molecular flexibility index (Phi) is 4.75. The molecule has 2 nitrogen and oxygen atoms in total. The van der Waals surface area contributed by atoms with Crippen molar-refractivity contribution in [3.05, 3.63) is 64.7 Å². The summed E-state index contributed by atoms with van der Waals surface area (Å²) < 4.78 is 6.19. The molecule has 1 unspecified atom stereocenters. The quantitative estimate of drug-likeness (QED) is 0.738. The fourth-order valence-electron chi connectivity index (χ4n) is 4.72. The van der Waals surface area contributed by atoms with Gasteiger partial charge in [0.25, 0.3) is 0 Å². The lowest BCUT2D eigenvalue weighted by atomic mass is 9.76. The van der Waals surface area contributed by atoms with Gasteiger partial charge in [-0.25, -0.2) is 0 Å². The number of benzene rings is 2. The van der Waals surface area contributed by atoms with Crippen molar-refractivity contribution < 1.29 is 4.74 Å². The van der Waals surface area contributed by atoms with Crippen LogP contribution in [0.1, 0.15) is 36.3 Å². The van der Waals surface area contributed by atoms with Crippen molar-refractivity contribution in [1.82, 2.24) is 4.90 Å². The minimum Gasteiger partial charge on any atom is -0.493 e. The number of rotatable bonds is 4. The minimum absolute atomic E-state index is 0.530. The summed E-state index contributed by atoms with van der Waals surface area (Å²) in [5.41, 5.74) is 2.80. The van der Waals surface area contributed by atoms with Crippen molar-refractivity contribution in [2.45, 2.75) is 44.2 Å². The lowest BCUT2D eigenvalue weighted by Crippen LogP contribution is -2.47. The van der Waals surface area contributed by atoms with Gasteiger partial charge in [-0.05, 0) is 69.0 Å². The second-order valence-corrected chi connectivity index (χ2v) is 8.08. The SMILES string of the molecule is Cc1ccc([C@H]2CC3CC[C@@H]([C@@H]2COc2ccc(Cl)cc2)N3C)cc1. The molecule has 0 saturated carbocycles. The zero-order chi connectivity index (χ0) is 17.4. The Balaban J connectivity index is 1.56. The second kappa shape index (κ2) is 7.01. The molecule has 0 aliphatic carbocycles. The van der Waals surface area contributed by atoms with E-state index >= 15 is 0 Å². The van der Waals surface area contributed by atoms with Gasteiger partial charge in [-0.3, -0.25) is 0 Å². The van der Waals surface area contributed by atoms with Crippen LogP contribution in [0.25, 0.3) is 0 Å². The lowest BCUT2D eigenvalue weighted by Gasteiger charge is -2.43. The van der Waals surface area contributed by atoms with Gasteiger partial charge in [0.1, 0.15) is 5.75 Å². The second-order valence-electron chi connectivity index (χ2n) is 7.65. The van der Waals surface area contributed by atoms with Crippen molar-refractivity contribution in [3.8, 4) is 5.75 Å². The maximum Gasteiger partial charge on any atom is 0.119 e. The molecule has 4 rings (SSSR count). The van der Waals surface area contributed by atoms with E-state index < -0.39 is 0 Å². The van der Waals surface area contributed by atoms with E-state index in [1.165, 1.54) is 30.4 Å². The fraction of sp³-hybridized carbons (Fsp3) is 0.455. The molecule has 0 N–H and O–H groups in total. The maximum atomic E-state index is 6.19. The molecular weight excluding hydrogens is 330 g/mol. The Bertz CT molecular complexity index is 712. The van der Waals surface area contributed by atoms with E-state index in [1.54, 1.807) is 0 Å². The van der Waals surface area contributed by atoms with Gasteiger partial charge in [-0.1, -0.05) is 41.4 Å². The van der Waals surface area contributed by atoms with Crippen LogP contribution in [0.2, 0.25) is 5.02 Å². The van der Waals surface area contributed by atoms with Gasteiger partial charge in [0.05, 0.1) is 6.61 Å². The monoisotopic (exact) mass is 355 g/mol. The highest BCUT2D eigenvalue weighted by Gasteiger charge is 2.46. The molecule has 2 aliphatic rings. The smallest absolute Gasteiger partial charge is 0.119 e. The number of fused-ring (bicyclic) bond motifs is 2. The van der Waals surface area contributed by atoms with Crippen LogP contribution in [0.3, 0.4) is 0 Å². The third kappa shape index (κ3) is 3.43. The molecule has 4 atom stereocenters. The standard InChI is InChI=1S/C22H26ClNO/c1-15-3-5-16(6-4-15)20-13-18-9-12-22(24(18)2)21(20)14-25-19-10-7-17(23)8-11-19/h3-8,10-11,18,20-22H,9,12-14H2,1-2H3/t18?,20-,21-,22+/m1/s1. The number of piperidine rings is 1. The summed E-state index contributed by atoms with van der Waals surface area (Å²) in [5, 5.41) is 0.751. The summed E-state index contributed by atoms with van der Waals surface area (Å²) in [5.74, 6) is 2.03. The molecule has 2 aromatic rings. The highest BCUT2D eigenvalue weighted by atomic mass is 35.5. The third-order valence-corrected chi connectivity index (χ3v) is 6.45. The molecule has 2 aromatic carbocycles. The third-order valence-electron chi connectivity index (χ3n) is 6.19. The van der Waals surface area contributed by atoms with Crippen molar-refractivity contribution in [3.63, 3.8) is 0 Å². The maximum absolute atomic E-state index is 6.19. The predicted octanol–water partition coefficient (Wildman–Crippen LogP) is 5.29. The van der Waals surface area contributed by atoms with Crippen LogP contribution in [-0.4, -0.2) is 30.6 Å². The molecule has 2 saturated heterocycles. The Morgan fingerprint density at radius 2 is 1.76 bits per heavy atom. The van der Waals surface area contributed by atoms with Gasteiger partial charge < -0.3 is 9.64 Å². The predicted molar refractivity (Wildman–Crippen MR) is 104 cm³/mol. The van der Waals surface area contributed by atoms with Crippen LogP contribution in [0.15, 0.2) is 48.5 Å². The first-order valence-electron chi connectivity index (χ1n) is 9.28. The van der Waals surface area contributed by atoms with E-state index in [1.807, 2.05) is 24.3 Å². The normalized spacial score (nSPS) is 28.9. The Morgan fingerprint density at radius 3 is 2.48 bits per heavy atom. The summed E-state index contributed by atoms with van der Waals surface area (Å²) in [4.78, 5) is 2.60. The highest BCUT2D eigenvalue weighted by molar-refractivity contribution is 6.30. The van der Waals surface area contributed by atoms with Gasteiger partial charge in [0.2, 0.25) is 0 Å². The van der Waals surface area contributed by atoms with E-state index in [9.17, 15) is 0 Å². The summed E-state index contributed by atoms with van der Waals surface area (Å²) in [7, 11) is 2.29. The van der Waals surface area contributed by atoms with Crippen molar-refractivity contribution in [1.29, 1.82) is 0 Å². The van der Waals surface area contributed by atoms with E-state index in [0.717, 1.165) is 23.4 Å². The number of hydrogen-bond acceptors (Lipinski definition) is 2. The zero-order valence-corrected chi connectivity index (χ0v) is 15.7. The highest BCUT2D eigenvalue weighted by Crippen LogP contribution is 2.46. The molecule has 25 heavy (non-hydrogen) atoms. The molecule has 2 bridgehead atoms. The van der Waals surface area contributed by atoms with Crippen LogP contribution in [0.4, 0.5) is 0 Å². The first-order valence-corrected chi connectivity index (χ1v) is 9.66. The topological polar surface area (TPSA) is 12.5 Å². The van der Waals surface area contributed by atoms with E-state index in [-0.39, 0.29) is 0 Å². The van der Waals surface area contributed by atoms with Gasteiger partial charge >= 0.3 is 0 Å². The van der Waals surface area contributed by atoms with Gasteiger partial charge in [0.15, 0.2) is 0 Å². The Labute approximate surface area is 155 Å². The van der Waals surface area contributed by atoms with E-state index in [4.69, 9.17) is 16.3 Å². The van der Waals surface area contributed by atoms with Crippen LogP contribution < -0.4 is 4.74 Å². The molecule has 2 fully saturated rings. The average molecular weight is 356 g/mol. The zero-order valence-electron chi connectivity index (χ0n) is 15.0. The lowest BCUT2D eigenvalue weighted by molar-refractivity contribution is 0.0666.